The summed E-state index contributed by atoms with van der Waals surface area (Å²) < 4.78 is 0. The van der Waals surface area contributed by atoms with Crippen molar-refractivity contribution >= 4 is 5.84 Å². The zero-order valence-corrected chi connectivity index (χ0v) is 9.22. The lowest BCUT2D eigenvalue weighted by atomic mass is 10.1. The van der Waals surface area contributed by atoms with E-state index >= 15 is 0 Å². The Morgan fingerprint density at radius 2 is 2.06 bits per heavy atom. The Balaban J connectivity index is 2.58. The van der Waals surface area contributed by atoms with Crippen LogP contribution in [0.15, 0.2) is 29.4 Å². The number of aliphatic hydroxyl groups excluding tert-OH is 1. The van der Waals surface area contributed by atoms with Crippen molar-refractivity contribution in [2.24, 2.45) is 10.9 Å². The quantitative estimate of drug-likeness (QED) is 0.249. The van der Waals surface area contributed by atoms with Gasteiger partial charge in [-0.2, -0.15) is 0 Å². The topological polar surface area (TPSA) is 90.9 Å². The third-order valence-corrected chi connectivity index (χ3v) is 2.29. The van der Waals surface area contributed by atoms with Crippen molar-refractivity contribution in [2.45, 2.75) is 19.5 Å². The first-order valence-electron chi connectivity index (χ1n) is 5.08. The van der Waals surface area contributed by atoms with E-state index in [2.05, 4.69) is 10.5 Å². The van der Waals surface area contributed by atoms with Gasteiger partial charge in [-0.05, 0) is 12.5 Å². The highest BCUT2D eigenvalue weighted by Crippen LogP contribution is 2.04. The summed E-state index contributed by atoms with van der Waals surface area (Å²) in [5.74, 6) is 0.100. The first kappa shape index (κ1) is 12.5. The molecule has 1 atom stereocenters. The summed E-state index contributed by atoms with van der Waals surface area (Å²) in [5.41, 5.74) is 7.20. The second kappa shape index (κ2) is 6.09. The molecule has 0 amide bonds. The summed E-state index contributed by atoms with van der Waals surface area (Å²) in [6, 6.07) is 7.43. The molecule has 5 nitrogen and oxygen atoms in total. The summed E-state index contributed by atoms with van der Waals surface area (Å²) in [6.45, 7) is 2.70. The molecule has 0 spiro atoms. The molecule has 5 heteroatoms. The van der Waals surface area contributed by atoms with Crippen LogP contribution < -0.4 is 11.1 Å². The molecule has 0 bridgehead atoms. The SMILES string of the molecule is CC(CO)NCc1ccc(C(N)=NO)cc1. The first-order chi connectivity index (χ1) is 7.67. The second-order valence-corrected chi connectivity index (χ2v) is 3.65. The number of nitrogens with zero attached hydrogens (tertiary/aromatic N) is 1. The summed E-state index contributed by atoms with van der Waals surface area (Å²) in [6.07, 6.45) is 0. The number of hydrogen-bond acceptors (Lipinski definition) is 4. The number of benzene rings is 1. The van der Waals surface area contributed by atoms with E-state index in [1.807, 2.05) is 19.1 Å². The number of amidine groups is 1. The first-order valence-corrected chi connectivity index (χ1v) is 5.08. The van der Waals surface area contributed by atoms with Crippen molar-refractivity contribution in [3.63, 3.8) is 0 Å². The highest BCUT2D eigenvalue weighted by molar-refractivity contribution is 5.96. The van der Waals surface area contributed by atoms with E-state index in [4.69, 9.17) is 16.0 Å². The fourth-order valence-electron chi connectivity index (χ4n) is 1.21. The summed E-state index contributed by atoms with van der Waals surface area (Å²) in [7, 11) is 0. The van der Waals surface area contributed by atoms with Crippen LogP contribution in [0.25, 0.3) is 0 Å². The molecule has 88 valence electrons. The third kappa shape index (κ3) is 3.52. The standard InChI is InChI=1S/C11H17N3O2/c1-8(7-15)13-6-9-2-4-10(5-3-9)11(12)14-16/h2-5,8,13,15-16H,6-7H2,1H3,(H2,12,14). The highest BCUT2D eigenvalue weighted by atomic mass is 16.4. The molecule has 1 unspecified atom stereocenters. The third-order valence-electron chi connectivity index (χ3n) is 2.29. The van der Waals surface area contributed by atoms with Gasteiger partial charge in [0.2, 0.25) is 0 Å². The minimum absolute atomic E-state index is 0.0729. The van der Waals surface area contributed by atoms with Crippen molar-refractivity contribution in [2.75, 3.05) is 6.61 Å². The van der Waals surface area contributed by atoms with Crippen LogP contribution in [0.5, 0.6) is 0 Å². The van der Waals surface area contributed by atoms with Crippen molar-refractivity contribution < 1.29 is 10.3 Å². The van der Waals surface area contributed by atoms with E-state index < -0.39 is 0 Å². The zero-order valence-electron chi connectivity index (χ0n) is 9.22. The Kier molecular flexibility index (Phi) is 4.75. The van der Waals surface area contributed by atoms with Gasteiger partial charge in [-0.1, -0.05) is 29.4 Å². The molecule has 5 N–H and O–H groups in total. The van der Waals surface area contributed by atoms with Crippen LogP contribution in [0.3, 0.4) is 0 Å². The van der Waals surface area contributed by atoms with Gasteiger partial charge in [0.1, 0.15) is 0 Å². The Hall–Kier alpha value is -1.59. The summed E-state index contributed by atoms with van der Waals surface area (Å²) in [4.78, 5) is 0. The van der Waals surface area contributed by atoms with E-state index in [0.29, 0.717) is 12.1 Å². The minimum atomic E-state index is 0.0729. The number of hydrogen-bond donors (Lipinski definition) is 4. The molecule has 0 aromatic heterocycles. The lowest BCUT2D eigenvalue weighted by molar-refractivity contribution is 0.251. The monoisotopic (exact) mass is 223 g/mol. The van der Waals surface area contributed by atoms with Gasteiger partial charge < -0.3 is 21.4 Å². The molecule has 0 radical (unpaired) electrons. The fraction of sp³-hybridized carbons (Fsp3) is 0.364. The van der Waals surface area contributed by atoms with Crippen LogP contribution >= 0.6 is 0 Å². The van der Waals surface area contributed by atoms with E-state index in [1.54, 1.807) is 12.1 Å². The van der Waals surface area contributed by atoms with E-state index in [9.17, 15) is 0 Å². The molecule has 1 aromatic rings. The van der Waals surface area contributed by atoms with Crippen LogP contribution in [-0.2, 0) is 6.54 Å². The molecule has 0 saturated carbocycles. The highest BCUT2D eigenvalue weighted by Gasteiger charge is 2.01. The molecule has 1 aromatic carbocycles. The number of aliphatic hydroxyl groups is 1. The van der Waals surface area contributed by atoms with E-state index in [-0.39, 0.29) is 18.5 Å². The summed E-state index contributed by atoms with van der Waals surface area (Å²) >= 11 is 0. The maximum absolute atomic E-state index is 8.84. The molecule has 0 saturated heterocycles. The molecule has 16 heavy (non-hydrogen) atoms. The Bertz CT molecular complexity index is 349. The number of nitrogens with two attached hydrogens (primary N) is 1. The predicted molar refractivity (Wildman–Crippen MR) is 62.3 cm³/mol. The van der Waals surface area contributed by atoms with Crippen molar-refractivity contribution in [1.29, 1.82) is 0 Å². The lowest BCUT2D eigenvalue weighted by Crippen LogP contribution is -2.28. The van der Waals surface area contributed by atoms with E-state index in [1.165, 1.54) is 0 Å². The zero-order chi connectivity index (χ0) is 12.0. The van der Waals surface area contributed by atoms with Gasteiger partial charge in [0.25, 0.3) is 0 Å². The van der Waals surface area contributed by atoms with Crippen molar-refractivity contribution in [1.82, 2.24) is 5.32 Å². The maximum atomic E-state index is 8.84. The molecular weight excluding hydrogens is 206 g/mol. The van der Waals surface area contributed by atoms with Crippen LogP contribution in [0.4, 0.5) is 0 Å². The van der Waals surface area contributed by atoms with Crippen LogP contribution in [0.2, 0.25) is 0 Å². The van der Waals surface area contributed by atoms with Gasteiger partial charge in [0.15, 0.2) is 5.84 Å². The van der Waals surface area contributed by atoms with Crippen LogP contribution in [0, 0.1) is 0 Å². The van der Waals surface area contributed by atoms with Gasteiger partial charge in [-0.3, -0.25) is 0 Å². The van der Waals surface area contributed by atoms with Crippen molar-refractivity contribution in [3.05, 3.63) is 35.4 Å². The number of nitrogens with one attached hydrogen (secondary N) is 1. The molecule has 0 aliphatic rings. The van der Waals surface area contributed by atoms with Crippen LogP contribution in [-0.4, -0.2) is 28.8 Å². The largest absolute Gasteiger partial charge is 0.409 e. The number of oxime groups is 1. The molecule has 0 fully saturated rings. The summed E-state index contributed by atoms with van der Waals surface area (Å²) in [5, 5.41) is 23.4. The minimum Gasteiger partial charge on any atom is -0.409 e. The Morgan fingerprint density at radius 3 is 2.56 bits per heavy atom. The van der Waals surface area contributed by atoms with Gasteiger partial charge >= 0.3 is 0 Å². The molecule has 0 aliphatic carbocycles. The molecule has 1 rings (SSSR count). The van der Waals surface area contributed by atoms with Gasteiger partial charge in [-0.15, -0.1) is 0 Å². The molecule has 0 aliphatic heterocycles. The second-order valence-electron chi connectivity index (χ2n) is 3.65. The van der Waals surface area contributed by atoms with Crippen molar-refractivity contribution in [3.8, 4) is 0 Å². The lowest BCUT2D eigenvalue weighted by Gasteiger charge is -2.10. The molecular formula is C11H17N3O2. The number of rotatable bonds is 5. The Morgan fingerprint density at radius 1 is 1.44 bits per heavy atom. The molecule has 0 heterocycles. The predicted octanol–water partition coefficient (Wildman–Crippen LogP) is 0.251. The fourth-order valence-corrected chi connectivity index (χ4v) is 1.21. The maximum Gasteiger partial charge on any atom is 0.170 e. The van der Waals surface area contributed by atoms with Crippen LogP contribution in [0.1, 0.15) is 18.1 Å². The average molecular weight is 223 g/mol. The van der Waals surface area contributed by atoms with E-state index in [0.717, 1.165) is 5.56 Å². The van der Waals surface area contributed by atoms with Gasteiger partial charge in [0.05, 0.1) is 6.61 Å². The van der Waals surface area contributed by atoms with Gasteiger partial charge in [0, 0.05) is 18.2 Å². The smallest absolute Gasteiger partial charge is 0.170 e. The normalized spacial score (nSPS) is 13.8. The average Bonchev–Trinajstić information content (AvgIpc) is 2.35. The van der Waals surface area contributed by atoms with Gasteiger partial charge in [-0.25, -0.2) is 0 Å². The Labute approximate surface area is 94.6 Å².